The van der Waals surface area contributed by atoms with Crippen LogP contribution < -0.4 is 124 Å². The van der Waals surface area contributed by atoms with Crippen molar-refractivity contribution in [2.45, 2.75) is 180 Å². The molecule has 0 radical (unpaired) electrons. The van der Waals surface area contributed by atoms with Gasteiger partial charge in [0.1, 0.15) is 12.1 Å². The molecule has 0 aromatic carbocycles. The molecule has 48 heavy (non-hydrogen) atoms. The molecule has 0 bridgehead atoms. The minimum atomic E-state index is -1.28. The topological polar surface area (TPSA) is 219 Å². The molecule has 0 aromatic heterocycles. The third-order valence-electron chi connectivity index (χ3n) is 7.32. The van der Waals surface area contributed by atoms with Crippen molar-refractivity contribution < 1.29 is 151 Å². The second-order valence-electron chi connectivity index (χ2n) is 11.8. The van der Waals surface area contributed by atoms with Crippen LogP contribution >= 0.6 is 0 Å². The first-order chi connectivity index (χ1) is 21.9. The molecule has 0 aliphatic heterocycles. The molecule has 0 saturated heterocycles. The summed E-state index contributed by atoms with van der Waals surface area (Å²) in [5, 5.41) is 20.5. The van der Waals surface area contributed by atoms with E-state index in [0.29, 0.717) is 12.8 Å². The van der Waals surface area contributed by atoms with Gasteiger partial charge in [0.15, 0.2) is 0 Å². The molecule has 0 aliphatic carbocycles. The van der Waals surface area contributed by atoms with Crippen LogP contribution in [0.25, 0.3) is 0 Å². The van der Waals surface area contributed by atoms with Gasteiger partial charge >= 0.3 is 127 Å². The van der Waals surface area contributed by atoms with Crippen LogP contribution in [0, 0.1) is 0 Å². The molecular weight excluding hydrogens is 675 g/mol. The van der Waals surface area contributed by atoms with Gasteiger partial charge < -0.3 is 40.7 Å². The second kappa shape index (κ2) is 40.2. The van der Waals surface area contributed by atoms with E-state index in [1.807, 2.05) is 0 Å². The van der Waals surface area contributed by atoms with Crippen LogP contribution in [-0.4, -0.2) is 47.9 Å². The Labute approximate surface area is 373 Å². The zero-order valence-electron chi connectivity index (χ0n) is 30.4. The molecule has 12 nitrogen and oxygen atoms in total. The van der Waals surface area contributed by atoms with E-state index in [2.05, 4.69) is 23.3 Å². The van der Waals surface area contributed by atoms with Crippen LogP contribution in [0.2, 0.25) is 0 Å². The molecule has 0 aliphatic rings. The molecule has 2 unspecified atom stereocenters. The Kier molecular flexibility index (Phi) is 46.2. The number of nitrogens with two attached hydrogens (primary N) is 2. The van der Waals surface area contributed by atoms with Gasteiger partial charge in [-0.25, -0.2) is 9.59 Å². The maximum Gasteiger partial charge on any atom is 1.00 e. The predicted octanol–water partition coefficient (Wildman–Crippen LogP) is -2.32. The molecule has 0 fully saturated rings. The number of hydrogen-bond acceptors (Lipinski definition) is 12. The minimum Gasteiger partial charge on any atom is -0.550 e. The van der Waals surface area contributed by atoms with E-state index in [1.54, 1.807) is 0 Å². The average molecular weight is 735 g/mol. The first kappa shape index (κ1) is 55.2. The molecule has 0 amide bonds. The van der Waals surface area contributed by atoms with Gasteiger partial charge in [-0.15, -0.1) is 0 Å². The number of carboxylic acids is 2. The number of carbonyl (C=O) groups excluding carboxylic acids is 6. The third-order valence-corrected chi connectivity index (χ3v) is 7.32. The van der Waals surface area contributed by atoms with E-state index in [0.717, 1.165) is 25.7 Å². The molecule has 2 atom stereocenters. The predicted molar refractivity (Wildman–Crippen MR) is 170 cm³/mol. The summed E-state index contributed by atoms with van der Waals surface area (Å²) in [6.07, 6.45) is 20.0. The summed E-state index contributed by atoms with van der Waals surface area (Å²) in [5.41, 5.74) is 10.9. The molecule has 0 saturated carbocycles. The number of hydrogen-bond donors (Lipinski definition) is 2. The van der Waals surface area contributed by atoms with E-state index in [9.17, 15) is 39.0 Å². The first-order valence-corrected chi connectivity index (χ1v) is 17.3. The molecular formula is C34H60K2N2O10. The van der Waals surface area contributed by atoms with E-state index in [4.69, 9.17) is 11.5 Å². The van der Waals surface area contributed by atoms with Crippen molar-refractivity contribution in [2.75, 3.05) is 0 Å². The van der Waals surface area contributed by atoms with Crippen LogP contribution in [-0.2, 0) is 38.2 Å². The van der Waals surface area contributed by atoms with Crippen LogP contribution in [0.5, 0.6) is 0 Å². The summed E-state index contributed by atoms with van der Waals surface area (Å²) >= 11 is 0. The van der Waals surface area contributed by atoms with Gasteiger partial charge in [-0.3, -0.25) is 9.59 Å². The monoisotopic (exact) mass is 734 g/mol. The number of rotatable bonds is 28. The second-order valence-corrected chi connectivity index (χ2v) is 11.8. The molecule has 0 spiro atoms. The van der Waals surface area contributed by atoms with Crippen molar-refractivity contribution in [1.82, 2.24) is 0 Å². The molecule has 4 N–H and O–H groups in total. The fourth-order valence-corrected chi connectivity index (χ4v) is 4.42. The van der Waals surface area contributed by atoms with E-state index in [-0.39, 0.29) is 141 Å². The van der Waals surface area contributed by atoms with Gasteiger partial charge in [0.2, 0.25) is 0 Å². The summed E-state index contributed by atoms with van der Waals surface area (Å²) in [5.74, 6) is -5.49. The minimum absolute atomic E-state index is 0. The number of carbonyl (C=O) groups is 6. The normalized spacial score (nSPS) is 11.4. The van der Waals surface area contributed by atoms with Gasteiger partial charge in [0, 0.05) is 24.8 Å². The quantitative estimate of drug-likeness (QED) is 0.0375. The van der Waals surface area contributed by atoms with Crippen LogP contribution in [0.15, 0.2) is 0 Å². The average Bonchev–Trinajstić information content (AvgIpc) is 3.00. The Bertz CT molecular complexity index is 794. The van der Waals surface area contributed by atoms with E-state index in [1.165, 1.54) is 77.0 Å². The number of unbranched alkanes of at least 4 members (excludes halogenated alkanes) is 16. The third kappa shape index (κ3) is 40.8. The van der Waals surface area contributed by atoms with Crippen molar-refractivity contribution in [3.8, 4) is 0 Å². The number of ether oxygens (including phenoxy) is 2. The maximum atomic E-state index is 11.5. The van der Waals surface area contributed by atoms with Gasteiger partial charge in [0.05, 0.1) is 0 Å². The largest absolute Gasteiger partial charge is 1.00 e. The molecule has 14 heteroatoms. The standard InChI is InChI=1S/2C17H31NO5.2K/c2*1-2-3-4-5-6-7-8-9-10-11-16(21)23-17(22)14(18)12-13-15(19)20;;/h2*14H,2-13,18H2,1H3,(H,19,20);;/q;;2*+1/p-2. The summed E-state index contributed by atoms with van der Waals surface area (Å²) in [6, 6.07) is -2.19. The Morgan fingerprint density at radius 2 is 0.708 bits per heavy atom. The smallest absolute Gasteiger partial charge is 0.550 e. The zero-order valence-corrected chi connectivity index (χ0v) is 36.6. The van der Waals surface area contributed by atoms with Crippen LogP contribution in [0.4, 0.5) is 0 Å². The Hall–Kier alpha value is 0.413. The van der Waals surface area contributed by atoms with Crippen LogP contribution in [0.1, 0.15) is 168 Å². The van der Waals surface area contributed by atoms with E-state index < -0.39 is 47.9 Å². The van der Waals surface area contributed by atoms with Crippen LogP contribution in [0.3, 0.4) is 0 Å². The Morgan fingerprint density at radius 1 is 0.458 bits per heavy atom. The van der Waals surface area contributed by atoms with E-state index >= 15 is 0 Å². The summed E-state index contributed by atoms with van der Waals surface area (Å²) in [7, 11) is 0. The first-order valence-electron chi connectivity index (χ1n) is 17.3. The number of esters is 4. The summed E-state index contributed by atoms with van der Waals surface area (Å²) < 4.78 is 9.20. The van der Waals surface area contributed by atoms with Gasteiger partial charge in [-0.1, -0.05) is 117 Å². The van der Waals surface area contributed by atoms with Crippen molar-refractivity contribution in [3.63, 3.8) is 0 Å². The number of aliphatic carboxylic acids is 2. The summed E-state index contributed by atoms with van der Waals surface area (Å²) in [4.78, 5) is 66.4. The SMILES string of the molecule is CCCCCCCCCCCC(=O)OC(=O)C(N)CCC(=O)[O-].CCCCCCCCCCCC(=O)OC(=O)C(N)CCC(=O)[O-].[K+].[K+]. The Morgan fingerprint density at radius 3 is 0.958 bits per heavy atom. The van der Waals surface area contributed by atoms with Gasteiger partial charge in [-0.05, 0) is 38.5 Å². The fraction of sp³-hybridized carbons (Fsp3) is 0.824. The van der Waals surface area contributed by atoms with Crippen molar-refractivity contribution in [2.24, 2.45) is 11.5 Å². The molecule has 268 valence electrons. The van der Waals surface area contributed by atoms with Crippen molar-refractivity contribution in [3.05, 3.63) is 0 Å². The zero-order chi connectivity index (χ0) is 35.0. The van der Waals surface area contributed by atoms with Crippen molar-refractivity contribution >= 4 is 35.8 Å². The molecule has 0 aromatic rings. The van der Waals surface area contributed by atoms with Crippen molar-refractivity contribution in [1.29, 1.82) is 0 Å². The molecule has 0 rings (SSSR count). The number of carboxylic acid groups (broad SMARTS) is 2. The molecule has 0 heterocycles. The van der Waals surface area contributed by atoms with Gasteiger partial charge in [0.25, 0.3) is 0 Å². The Balaban J connectivity index is -0.000000387. The maximum absolute atomic E-state index is 11.5. The fourth-order valence-electron chi connectivity index (χ4n) is 4.42. The summed E-state index contributed by atoms with van der Waals surface area (Å²) in [6.45, 7) is 4.39. The van der Waals surface area contributed by atoms with Gasteiger partial charge in [-0.2, -0.15) is 0 Å².